The van der Waals surface area contributed by atoms with Crippen molar-refractivity contribution >= 4 is 53.4 Å². The van der Waals surface area contributed by atoms with Gasteiger partial charge in [0.15, 0.2) is 0 Å². The van der Waals surface area contributed by atoms with Crippen LogP contribution in [0.2, 0.25) is 5.04 Å². The first-order valence-corrected chi connectivity index (χ1v) is 22.3. The van der Waals surface area contributed by atoms with Gasteiger partial charge in [-0.3, -0.25) is 4.57 Å². The Morgan fingerprint density at radius 3 is 2.36 bits per heavy atom. The summed E-state index contributed by atoms with van der Waals surface area (Å²) in [5.41, 5.74) is 3.77. The number of anilines is 1. The Balaban J connectivity index is 1.33. The lowest BCUT2D eigenvalue weighted by atomic mass is 9.77. The van der Waals surface area contributed by atoms with Gasteiger partial charge >= 0.3 is 5.69 Å². The second-order valence-corrected chi connectivity index (χ2v) is 25.2. The average Bonchev–Trinajstić information content (AvgIpc) is 3.53. The van der Waals surface area contributed by atoms with Crippen LogP contribution in [0.15, 0.2) is 89.9 Å². The largest absolute Gasteiger partial charge is 0.405 e. The van der Waals surface area contributed by atoms with Gasteiger partial charge in [-0.15, -0.1) is 0 Å². The number of nitrogen functional groups attached to an aromatic ring is 1. The summed E-state index contributed by atoms with van der Waals surface area (Å²) < 4.78 is 28.9. The van der Waals surface area contributed by atoms with E-state index in [2.05, 4.69) is 94.7 Å². The van der Waals surface area contributed by atoms with Crippen molar-refractivity contribution in [2.45, 2.75) is 94.6 Å². The van der Waals surface area contributed by atoms with Crippen molar-refractivity contribution < 1.29 is 18.2 Å². The number of ether oxygens (including phenoxy) is 1. The number of allylic oxidation sites excluding steroid dienone is 1. The molecule has 8 nitrogen and oxygen atoms in total. The third kappa shape index (κ3) is 6.88. The molecule has 47 heavy (non-hydrogen) atoms. The molecule has 12 heteroatoms. The predicted molar refractivity (Wildman–Crippen MR) is 197 cm³/mol. The van der Waals surface area contributed by atoms with Gasteiger partial charge in [-0.05, 0) is 72.3 Å². The second-order valence-electron chi connectivity index (χ2n) is 14.3. The van der Waals surface area contributed by atoms with E-state index in [9.17, 15) is 4.79 Å². The normalized spacial score (nSPS) is 31.0. The minimum absolute atomic E-state index is 0.00243. The SMILES string of the molecule is C=C(C)[C@H]1CC[C@@]2(C)SP(=S)(O[C@H]3C[C@H](n4ccc(N)nc4=O)O[C@@H]3CO[Si](c3ccccc3)(c3ccccc3)C(C)(C)C)O[C@@H]2C1. The highest BCUT2D eigenvalue weighted by molar-refractivity contribution is 8.68. The van der Waals surface area contributed by atoms with Crippen LogP contribution in [-0.2, 0) is 30.0 Å². The third-order valence-corrected chi connectivity index (χ3v) is 20.7. The van der Waals surface area contributed by atoms with E-state index in [4.69, 9.17) is 35.8 Å². The topological polar surface area (TPSA) is 97.8 Å². The van der Waals surface area contributed by atoms with Gasteiger partial charge < -0.3 is 23.9 Å². The molecule has 3 aliphatic rings. The number of hydrogen-bond donors (Lipinski definition) is 1. The molecule has 7 atom stereocenters. The van der Waals surface area contributed by atoms with Crippen molar-refractivity contribution in [3.8, 4) is 0 Å². The fourth-order valence-corrected chi connectivity index (χ4v) is 19.5. The van der Waals surface area contributed by atoms with E-state index < -0.39 is 38.1 Å². The van der Waals surface area contributed by atoms with Gasteiger partial charge in [0.25, 0.3) is 8.32 Å². The molecule has 2 saturated heterocycles. The Hall–Kier alpha value is -2.08. The van der Waals surface area contributed by atoms with E-state index in [1.54, 1.807) is 23.6 Å². The third-order valence-electron chi connectivity index (χ3n) is 9.93. The van der Waals surface area contributed by atoms with Crippen LogP contribution in [0.3, 0.4) is 0 Å². The summed E-state index contributed by atoms with van der Waals surface area (Å²) in [6.45, 7) is 15.6. The van der Waals surface area contributed by atoms with E-state index in [0.717, 1.165) is 19.3 Å². The highest BCUT2D eigenvalue weighted by Gasteiger charge is 2.56. The van der Waals surface area contributed by atoms with Gasteiger partial charge in [-0.25, -0.2) is 4.79 Å². The highest BCUT2D eigenvalue weighted by atomic mass is 32.9. The van der Waals surface area contributed by atoms with Crippen molar-refractivity contribution in [1.82, 2.24) is 9.55 Å². The van der Waals surface area contributed by atoms with Gasteiger partial charge in [0.05, 0.1) is 18.8 Å². The molecule has 1 aromatic heterocycles. The molecule has 1 saturated carbocycles. The molecular formula is C35H46N3O5PS2Si. The highest BCUT2D eigenvalue weighted by Crippen LogP contribution is 2.76. The Kier molecular flexibility index (Phi) is 9.86. The number of fused-ring (bicyclic) bond motifs is 1. The van der Waals surface area contributed by atoms with Gasteiger partial charge in [0, 0.05) is 17.4 Å². The summed E-state index contributed by atoms with van der Waals surface area (Å²) in [7, 11) is -2.88. The van der Waals surface area contributed by atoms with E-state index in [1.807, 2.05) is 12.1 Å². The van der Waals surface area contributed by atoms with Crippen molar-refractivity contribution in [1.29, 1.82) is 0 Å². The Morgan fingerprint density at radius 2 is 1.79 bits per heavy atom. The number of aromatic nitrogens is 2. The van der Waals surface area contributed by atoms with Crippen molar-refractivity contribution in [2.24, 2.45) is 5.92 Å². The molecule has 2 N–H and O–H groups in total. The lowest BCUT2D eigenvalue weighted by Gasteiger charge is -2.43. The molecule has 0 spiro atoms. The van der Waals surface area contributed by atoms with Gasteiger partial charge in [0.1, 0.15) is 18.1 Å². The van der Waals surface area contributed by atoms with Crippen LogP contribution in [0.5, 0.6) is 0 Å². The molecule has 1 unspecified atom stereocenters. The molecule has 3 heterocycles. The fraction of sp³-hybridized carbons (Fsp3) is 0.486. The van der Waals surface area contributed by atoms with E-state index in [-0.39, 0.29) is 28.3 Å². The first-order chi connectivity index (χ1) is 22.2. The van der Waals surface area contributed by atoms with Gasteiger partial charge in [-0.1, -0.05) is 105 Å². The predicted octanol–water partition coefficient (Wildman–Crippen LogP) is 6.57. The molecule has 0 amide bonds. The molecular weight excluding hydrogens is 666 g/mol. The molecule has 2 aliphatic heterocycles. The fourth-order valence-electron chi connectivity index (χ4n) is 7.34. The second kappa shape index (κ2) is 13.3. The maximum Gasteiger partial charge on any atom is 0.351 e. The number of hydrogen-bond acceptors (Lipinski definition) is 9. The molecule has 3 aromatic rings. The Morgan fingerprint density at radius 1 is 1.15 bits per heavy atom. The first kappa shape index (κ1) is 34.8. The van der Waals surface area contributed by atoms with Crippen LogP contribution < -0.4 is 21.8 Å². The maximum atomic E-state index is 12.9. The van der Waals surface area contributed by atoms with E-state index in [0.29, 0.717) is 12.3 Å². The molecule has 1 aliphatic carbocycles. The Bertz CT molecular complexity index is 1660. The summed E-state index contributed by atoms with van der Waals surface area (Å²) >= 11 is 7.93. The average molecular weight is 712 g/mol. The first-order valence-electron chi connectivity index (χ1n) is 16.3. The lowest BCUT2D eigenvalue weighted by Crippen LogP contribution is -2.67. The zero-order valence-corrected chi connectivity index (χ0v) is 31.4. The molecule has 6 rings (SSSR count). The quantitative estimate of drug-likeness (QED) is 0.150. The summed E-state index contributed by atoms with van der Waals surface area (Å²) in [5, 5.41) is 2.13. The van der Waals surface area contributed by atoms with Crippen LogP contribution in [0.25, 0.3) is 0 Å². The van der Waals surface area contributed by atoms with Crippen LogP contribution >= 0.6 is 17.1 Å². The molecule has 252 valence electrons. The van der Waals surface area contributed by atoms with Crippen molar-refractivity contribution in [2.75, 3.05) is 12.3 Å². The zero-order chi connectivity index (χ0) is 33.6. The smallest absolute Gasteiger partial charge is 0.351 e. The summed E-state index contributed by atoms with van der Waals surface area (Å²) in [5.74, 6) is 0.589. The molecule has 0 radical (unpaired) electrons. The summed E-state index contributed by atoms with van der Waals surface area (Å²) in [6.07, 6.45) is 3.43. The van der Waals surface area contributed by atoms with Crippen LogP contribution in [0.4, 0.5) is 5.82 Å². The van der Waals surface area contributed by atoms with Crippen LogP contribution in [-0.4, -0.2) is 47.5 Å². The maximum absolute atomic E-state index is 12.9. The summed E-state index contributed by atoms with van der Waals surface area (Å²) in [6, 6.07) is 22.6. The van der Waals surface area contributed by atoms with Crippen LogP contribution in [0.1, 0.15) is 66.5 Å². The molecule has 0 bridgehead atoms. The lowest BCUT2D eigenvalue weighted by molar-refractivity contribution is -0.0393. The van der Waals surface area contributed by atoms with E-state index >= 15 is 0 Å². The zero-order valence-electron chi connectivity index (χ0n) is 27.8. The minimum Gasteiger partial charge on any atom is -0.405 e. The van der Waals surface area contributed by atoms with Crippen LogP contribution in [0, 0.1) is 5.92 Å². The standard InChI is InChI=1S/C35H46N3O5PS2Si/c1-24(2)25-17-19-35(6)30(21-25)43-44(45,46-35)42-28-22-32(38-20-18-31(36)37-33(38)39)41-29(28)23-40-47(34(3,4)5,26-13-9-7-10-14-26)27-15-11-8-12-16-27/h7-16,18,20,25,28-30,32H,1,17,19,21-23H2,2-6H3,(H2,36,37,39)/t25-,28-,29+,30+,32+,35+,44?/m0/s1. The van der Waals surface area contributed by atoms with Gasteiger partial charge in [-0.2, -0.15) is 4.98 Å². The number of nitrogens with two attached hydrogens (primary N) is 1. The van der Waals surface area contributed by atoms with Crippen molar-refractivity contribution in [3.05, 3.63) is 95.6 Å². The monoisotopic (exact) mass is 711 g/mol. The number of nitrogens with zero attached hydrogens (tertiary/aromatic N) is 2. The molecule has 3 fully saturated rings. The summed E-state index contributed by atoms with van der Waals surface area (Å²) in [4.78, 5) is 16.9. The number of rotatable bonds is 9. The van der Waals surface area contributed by atoms with Gasteiger partial charge in [0.2, 0.25) is 5.69 Å². The minimum atomic E-state index is -2.88. The number of benzene rings is 2. The molecule has 2 aromatic carbocycles. The Labute approximate surface area is 288 Å². The van der Waals surface area contributed by atoms with E-state index in [1.165, 1.54) is 20.5 Å². The van der Waals surface area contributed by atoms with Crippen molar-refractivity contribution in [3.63, 3.8) is 0 Å².